The number of benzene rings is 2. The van der Waals surface area contributed by atoms with E-state index in [1.165, 1.54) is 33.6 Å². The van der Waals surface area contributed by atoms with Gasteiger partial charge in [-0.15, -0.1) is 0 Å². The van der Waals surface area contributed by atoms with Crippen molar-refractivity contribution in [3.8, 4) is 5.75 Å². The van der Waals surface area contributed by atoms with Crippen molar-refractivity contribution in [3.05, 3.63) is 100 Å². The SMILES string of the molecule is CCN(C)C.CCN(C)C(=O)c1ccccc1.CCN(C)CCCOc1ccc(C)cc1C.CCc1c(C)nn(C)c1C.CCc1cnn(C)c1. The topological polar surface area (TPSA) is 71.7 Å². The summed E-state index contributed by atoms with van der Waals surface area (Å²) >= 11 is 0. The number of amides is 1. The van der Waals surface area contributed by atoms with Gasteiger partial charge in [-0.05, 0) is 123 Å². The maximum atomic E-state index is 11.5. The van der Waals surface area contributed by atoms with Crippen molar-refractivity contribution >= 4 is 5.91 Å². The van der Waals surface area contributed by atoms with E-state index in [1.54, 1.807) is 11.9 Å². The third-order valence-corrected chi connectivity index (χ3v) is 8.47. The van der Waals surface area contributed by atoms with Crippen molar-refractivity contribution in [2.45, 2.75) is 81.6 Å². The van der Waals surface area contributed by atoms with Crippen LogP contribution in [0, 0.1) is 27.7 Å². The van der Waals surface area contributed by atoms with Crippen molar-refractivity contribution in [1.82, 2.24) is 34.3 Å². The number of aryl methyl sites for hydroxylation is 6. The van der Waals surface area contributed by atoms with Crippen LogP contribution in [0.2, 0.25) is 0 Å². The molecule has 0 aliphatic heterocycles. The van der Waals surface area contributed by atoms with Crippen LogP contribution >= 0.6 is 0 Å². The Morgan fingerprint density at radius 3 is 1.84 bits per heavy atom. The molecule has 9 heteroatoms. The van der Waals surface area contributed by atoms with Crippen LogP contribution in [-0.2, 0) is 26.9 Å². The lowest BCUT2D eigenvalue weighted by atomic mass is 10.1. The second-order valence-corrected chi connectivity index (χ2v) is 13.0. The van der Waals surface area contributed by atoms with Crippen LogP contribution in [0.4, 0.5) is 0 Å². The van der Waals surface area contributed by atoms with Crippen molar-refractivity contribution in [1.29, 1.82) is 0 Å². The van der Waals surface area contributed by atoms with Crippen molar-refractivity contribution in [2.24, 2.45) is 14.1 Å². The van der Waals surface area contributed by atoms with Crippen molar-refractivity contribution < 1.29 is 9.53 Å². The van der Waals surface area contributed by atoms with Gasteiger partial charge in [0.1, 0.15) is 5.75 Å². The molecule has 2 aromatic heterocycles. The molecule has 0 N–H and O–H groups in total. The van der Waals surface area contributed by atoms with E-state index in [0.717, 1.165) is 63.4 Å². The Kier molecular flexibility index (Phi) is 24.7. The molecule has 0 aliphatic rings. The van der Waals surface area contributed by atoms with E-state index in [-0.39, 0.29) is 5.91 Å². The summed E-state index contributed by atoms with van der Waals surface area (Å²) in [5.41, 5.74) is 8.42. The Morgan fingerprint density at radius 1 is 0.824 bits per heavy atom. The summed E-state index contributed by atoms with van der Waals surface area (Å²) in [4.78, 5) is 17.6. The van der Waals surface area contributed by atoms with E-state index in [4.69, 9.17) is 4.74 Å². The van der Waals surface area contributed by atoms with Crippen LogP contribution < -0.4 is 4.74 Å². The first-order valence-electron chi connectivity index (χ1n) is 18.5. The number of hydrogen-bond donors (Lipinski definition) is 0. The minimum atomic E-state index is 0.0816. The molecule has 0 saturated heterocycles. The fourth-order valence-electron chi connectivity index (χ4n) is 4.56. The fourth-order valence-corrected chi connectivity index (χ4v) is 4.56. The Morgan fingerprint density at radius 2 is 1.45 bits per heavy atom. The molecule has 51 heavy (non-hydrogen) atoms. The normalized spacial score (nSPS) is 10.1. The summed E-state index contributed by atoms with van der Waals surface area (Å²) in [5, 5.41) is 8.30. The van der Waals surface area contributed by atoms with Gasteiger partial charge in [0.25, 0.3) is 5.91 Å². The lowest BCUT2D eigenvalue weighted by Gasteiger charge is -2.14. The predicted octanol–water partition coefficient (Wildman–Crippen LogP) is 7.95. The molecule has 4 rings (SSSR count). The zero-order valence-electron chi connectivity index (χ0n) is 34.9. The molecule has 4 aromatic rings. The zero-order valence-corrected chi connectivity index (χ0v) is 34.9. The molecular formula is C42H71N7O2. The average molecular weight is 706 g/mol. The van der Waals surface area contributed by atoms with Crippen LogP contribution in [0.5, 0.6) is 5.75 Å². The summed E-state index contributed by atoms with van der Waals surface area (Å²) in [6.45, 7) is 23.8. The Balaban J connectivity index is 0.000000641. The first-order valence-corrected chi connectivity index (χ1v) is 18.5. The maximum absolute atomic E-state index is 11.5. The largest absolute Gasteiger partial charge is 0.493 e. The molecule has 0 atom stereocenters. The maximum Gasteiger partial charge on any atom is 0.253 e. The highest BCUT2D eigenvalue weighted by molar-refractivity contribution is 5.93. The van der Waals surface area contributed by atoms with Gasteiger partial charge in [-0.2, -0.15) is 10.2 Å². The van der Waals surface area contributed by atoms with Crippen molar-refractivity contribution in [3.63, 3.8) is 0 Å². The van der Waals surface area contributed by atoms with Gasteiger partial charge < -0.3 is 19.4 Å². The van der Waals surface area contributed by atoms with E-state index in [0.29, 0.717) is 0 Å². The van der Waals surface area contributed by atoms with E-state index < -0.39 is 0 Å². The minimum absolute atomic E-state index is 0.0816. The number of carbonyl (C=O) groups excluding carboxylic acids is 1. The second kappa shape index (κ2) is 26.8. The minimum Gasteiger partial charge on any atom is -0.493 e. The molecule has 0 aliphatic carbocycles. The van der Waals surface area contributed by atoms with Crippen LogP contribution in [0.1, 0.15) is 85.0 Å². The molecule has 0 radical (unpaired) electrons. The quantitative estimate of drug-likeness (QED) is 0.148. The third kappa shape index (κ3) is 19.9. The first-order chi connectivity index (χ1) is 24.1. The molecular weight excluding hydrogens is 635 g/mol. The van der Waals surface area contributed by atoms with Gasteiger partial charge in [0.15, 0.2) is 0 Å². The number of aromatic nitrogens is 4. The molecule has 0 spiro atoms. The lowest BCUT2D eigenvalue weighted by molar-refractivity contribution is 0.0802. The van der Waals surface area contributed by atoms with Crippen LogP contribution in [0.25, 0.3) is 0 Å². The Labute approximate surface area is 311 Å². The van der Waals surface area contributed by atoms with Gasteiger partial charge in [-0.3, -0.25) is 14.2 Å². The molecule has 9 nitrogen and oxygen atoms in total. The highest BCUT2D eigenvalue weighted by Crippen LogP contribution is 2.18. The van der Waals surface area contributed by atoms with Gasteiger partial charge in [0, 0.05) is 51.7 Å². The Hall–Kier alpha value is -3.95. The van der Waals surface area contributed by atoms with Crippen LogP contribution in [-0.4, -0.2) is 101 Å². The number of hydrogen-bond acceptors (Lipinski definition) is 6. The number of nitrogens with zero attached hydrogens (tertiary/aromatic N) is 7. The molecule has 1 amide bonds. The molecule has 2 heterocycles. The number of carbonyl (C=O) groups is 1. The van der Waals surface area contributed by atoms with E-state index in [2.05, 4.69) is 115 Å². The summed E-state index contributed by atoms with van der Waals surface area (Å²) in [7, 11) is 12.0. The molecule has 2 aromatic carbocycles. The fraction of sp³-hybridized carbons (Fsp3) is 0.548. The lowest BCUT2D eigenvalue weighted by Crippen LogP contribution is -2.25. The molecule has 0 bridgehead atoms. The summed E-state index contributed by atoms with van der Waals surface area (Å²) in [5.74, 6) is 1.10. The average Bonchev–Trinajstić information content (AvgIpc) is 3.67. The van der Waals surface area contributed by atoms with Gasteiger partial charge >= 0.3 is 0 Å². The van der Waals surface area contributed by atoms with E-state index in [9.17, 15) is 4.79 Å². The molecule has 0 saturated carbocycles. The molecule has 0 unspecified atom stereocenters. The zero-order chi connectivity index (χ0) is 38.9. The highest BCUT2D eigenvalue weighted by Gasteiger charge is 2.08. The van der Waals surface area contributed by atoms with Gasteiger partial charge in [-0.1, -0.05) is 63.6 Å². The van der Waals surface area contributed by atoms with E-state index >= 15 is 0 Å². The number of rotatable bonds is 11. The first kappa shape index (κ1) is 47.0. The smallest absolute Gasteiger partial charge is 0.253 e. The monoisotopic (exact) mass is 706 g/mol. The van der Waals surface area contributed by atoms with Gasteiger partial charge in [0.05, 0.1) is 18.5 Å². The Bertz CT molecular complexity index is 1480. The second-order valence-electron chi connectivity index (χ2n) is 13.0. The molecule has 286 valence electrons. The van der Waals surface area contributed by atoms with Gasteiger partial charge in [-0.25, -0.2) is 0 Å². The predicted molar refractivity (Wildman–Crippen MR) is 217 cm³/mol. The summed E-state index contributed by atoms with van der Waals surface area (Å²) in [6, 6.07) is 15.6. The molecule has 0 fully saturated rings. The van der Waals surface area contributed by atoms with Crippen LogP contribution in [0.15, 0.2) is 60.9 Å². The summed E-state index contributed by atoms with van der Waals surface area (Å²) < 4.78 is 9.52. The highest BCUT2D eigenvalue weighted by atomic mass is 16.5. The van der Waals surface area contributed by atoms with Crippen LogP contribution in [0.3, 0.4) is 0 Å². The standard InChI is InChI=1S/C14H23NO.C10H13NO.C8H14N2.C6H10N2.C4H11N/c1-5-15(4)9-6-10-16-14-8-7-12(2)11-13(14)3;1-3-11(2)10(12)9-7-5-4-6-8-9;1-5-8-6(2)9-10(4)7(8)3;1-3-6-4-7-8(2)5-6;1-4-5(2)3/h7-8,11H,5-6,9-10H2,1-4H3;4-8H,3H2,1-2H3;5H2,1-4H3;4-5H,3H2,1-2H3;4H2,1-3H3. The summed E-state index contributed by atoms with van der Waals surface area (Å²) in [6.07, 6.45) is 7.16. The van der Waals surface area contributed by atoms with E-state index in [1.807, 2.05) is 73.1 Å². The van der Waals surface area contributed by atoms with Crippen molar-refractivity contribution in [2.75, 3.05) is 61.0 Å². The van der Waals surface area contributed by atoms with Gasteiger partial charge in [0.2, 0.25) is 0 Å². The number of ether oxygens (including phenoxy) is 1. The third-order valence-electron chi connectivity index (χ3n) is 8.47.